The van der Waals surface area contributed by atoms with Gasteiger partial charge < -0.3 is 10.1 Å². The quantitative estimate of drug-likeness (QED) is 0.193. The molecule has 0 bridgehead atoms. The number of rotatable bonds is 13. The zero-order valence-electron chi connectivity index (χ0n) is 20.9. The lowest BCUT2D eigenvalue weighted by Gasteiger charge is -2.22. The molecular weight excluding hydrogens is 522 g/mol. The van der Waals surface area contributed by atoms with E-state index in [0.29, 0.717) is 35.4 Å². The van der Waals surface area contributed by atoms with Gasteiger partial charge in [-0.25, -0.2) is 13.4 Å². The number of aromatic nitrogens is 3. The third kappa shape index (κ3) is 7.44. The third-order valence-corrected chi connectivity index (χ3v) is 8.39. The Kier molecular flexibility index (Phi) is 9.52. The summed E-state index contributed by atoms with van der Waals surface area (Å²) in [6, 6.07) is 25.4. The number of hydrogen-bond acceptors (Lipinski definition) is 7. The van der Waals surface area contributed by atoms with Crippen LogP contribution in [0.4, 0.5) is 0 Å². The van der Waals surface area contributed by atoms with Crippen molar-refractivity contribution in [1.82, 2.24) is 24.8 Å². The number of aromatic amines is 1. The fraction of sp³-hybridized carbons (Fsp3) is 0.222. The first-order valence-corrected chi connectivity index (χ1v) is 14.4. The predicted molar refractivity (Wildman–Crippen MR) is 147 cm³/mol. The number of amides is 1. The maximum absolute atomic E-state index is 13.4. The molecule has 1 aromatic heterocycles. The molecule has 1 heterocycles. The Morgan fingerprint density at radius 1 is 1.00 bits per heavy atom. The summed E-state index contributed by atoms with van der Waals surface area (Å²) in [6.07, 6.45) is 0.480. The molecule has 11 heteroatoms. The number of hydrogen-bond donors (Lipinski definition) is 2. The van der Waals surface area contributed by atoms with Gasteiger partial charge in [0, 0.05) is 24.4 Å². The van der Waals surface area contributed by atoms with Gasteiger partial charge in [0.15, 0.2) is 5.82 Å². The lowest BCUT2D eigenvalue weighted by Crippen LogP contribution is -2.42. The minimum atomic E-state index is -3.90. The highest BCUT2D eigenvalue weighted by Gasteiger charge is 2.26. The fourth-order valence-corrected chi connectivity index (χ4v) is 5.71. The van der Waals surface area contributed by atoms with E-state index < -0.39 is 10.0 Å². The number of nitrogens with zero attached hydrogens (tertiary/aromatic N) is 3. The van der Waals surface area contributed by atoms with Crippen LogP contribution in [-0.2, 0) is 21.2 Å². The zero-order chi connectivity index (χ0) is 26.8. The molecule has 0 fully saturated rings. The molecule has 0 aliphatic rings. The highest BCUT2D eigenvalue weighted by Crippen LogP contribution is 2.21. The molecule has 1 amide bonds. The molecule has 2 N–H and O–H groups in total. The first-order valence-electron chi connectivity index (χ1n) is 12.0. The maximum atomic E-state index is 13.4. The lowest BCUT2D eigenvalue weighted by molar-refractivity contribution is -0.121. The summed E-state index contributed by atoms with van der Waals surface area (Å²) in [6.45, 7) is 0.221. The highest BCUT2D eigenvalue weighted by atomic mass is 32.2. The Hall–Kier alpha value is -3.67. The van der Waals surface area contributed by atoms with Gasteiger partial charge in [0.1, 0.15) is 5.75 Å². The molecule has 0 saturated carbocycles. The van der Waals surface area contributed by atoms with Crippen molar-refractivity contribution < 1.29 is 17.9 Å². The smallest absolute Gasteiger partial charge is 0.243 e. The summed E-state index contributed by atoms with van der Waals surface area (Å²) in [7, 11) is -2.38. The topological polar surface area (TPSA) is 117 Å². The Labute approximate surface area is 226 Å². The van der Waals surface area contributed by atoms with Crippen LogP contribution in [0.3, 0.4) is 0 Å². The normalized spacial score (nSPS) is 11.4. The second kappa shape index (κ2) is 13.2. The van der Waals surface area contributed by atoms with Crippen LogP contribution in [0.5, 0.6) is 5.75 Å². The van der Waals surface area contributed by atoms with E-state index in [9.17, 15) is 13.2 Å². The van der Waals surface area contributed by atoms with Crippen molar-refractivity contribution in [3.05, 3.63) is 90.5 Å². The molecule has 0 aliphatic heterocycles. The van der Waals surface area contributed by atoms with Crippen LogP contribution in [0.1, 0.15) is 5.56 Å². The number of nitrogens with one attached hydrogen (secondary N) is 2. The molecule has 4 aromatic rings. The molecule has 0 unspecified atom stereocenters. The molecule has 0 spiro atoms. The largest absolute Gasteiger partial charge is 0.497 e. The first kappa shape index (κ1) is 27.4. The molecule has 9 nitrogen and oxygen atoms in total. The Morgan fingerprint density at radius 3 is 2.37 bits per heavy atom. The third-order valence-electron chi connectivity index (χ3n) is 5.68. The summed E-state index contributed by atoms with van der Waals surface area (Å²) in [4.78, 5) is 17.3. The van der Waals surface area contributed by atoms with Crippen LogP contribution in [0.25, 0.3) is 11.4 Å². The number of H-pyrrole nitrogens is 1. The van der Waals surface area contributed by atoms with Gasteiger partial charge in [-0.2, -0.15) is 4.31 Å². The van der Waals surface area contributed by atoms with E-state index >= 15 is 0 Å². The van der Waals surface area contributed by atoms with Crippen LogP contribution in [-0.4, -0.2) is 66.3 Å². The summed E-state index contributed by atoms with van der Waals surface area (Å²) >= 11 is 1.40. The van der Waals surface area contributed by atoms with Gasteiger partial charge in [-0.15, -0.1) is 5.10 Å². The molecule has 3 aromatic carbocycles. The minimum Gasteiger partial charge on any atom is -0.497 e. The van der Waals surface area contributed by atoms with Gasteiger partial charge in [-0.1, -0.05) is 72.4 Å². The average Bonchev–Trinajstić information content (AvgIpc) is 3.43. The van der Waals surface area contributed by atoms with Crippen LogP contribution < -0.4 is 10.1 Å². The number of methoxy groups -OCH3 is 1. The van der Waals surface area contributed by atoms with Gasteiger partial charge in [0.2, 0.25) is 21.1 Å². The average molecular weight is 552 g/mol. The second-order valence-electron chi connectivity index (χ2n) is 8.28. The SMILES string of the molecule is COc1ccc(S(=O)(=O)N(CCc2ccccc2)CC(=O)NCCSc2n[nH]c(-c3ccccc3)n2)cc1. The number of thioether (sulfide) groups is 1. The van der Waals surface area contributed by atoms with Crippen LogP contribution in [0.2, 0.25) is 0 Å². The second-order valence-corrected chi connectivity index (χ2v) is 11.3. The number of carbonyl (C=O) groups is 1. The van der Waals surface area contributed by atoms with Crippen molar-refractivity contribution >= 4 is 27.7 Å². The van der Waals surface area contributed by atoms with Gasteiger partial charge >= 0.3 is 0 Å². The van der Waals surface area contributed by atoms with Crippen LogP contribution >= 0.6 is 11.8 Å². The lowest BCUT2D eigenvalue weighted by atomic mass is 10.1. The van der Waals surface area contributed by atoms with E-state index in [4.69, 9.17) is 4.74 Å². The molecule has 0 aliphatic carbocycles. The number of carbonyl (C=O) groups excluding carboxylic acids is 1. The Balaban J connectivity index is 1.34. The predicted octanol–water partition coefficient (Wildman–Crippen LogP) is 3.62. The Bertz CT molecular complexity index is 1410. The van der Waals surface area contributed by atoms with Crippen molar-refractivity contribution in [2.75, 3.05) is 32.5 Å². The van der Waals surface area contributed by atoms with Gasteiger partial charge in [-0.3, -0.25) is 9.89 Å². The van der Waals surface area contributed by atoms with Gasteiger partial charge in [0.25, 0.3) is 0 Å². The summed E-state index contributed by atoms with van der Waals surface area (Å²) in [5, 5.41) is 10.5. The molecule has 4 rings (SSSR count). The van der Waals surface area contributed by atoms with Crippen molar-refractivity contribution in [1.29, 1.82) is 0 Å². The molecule has 0 radical (unpaired) electrons. The van der Waals surface area contributed by atoms with E-state index in [-0.39, 0.29) is 23.9 Å². The minimum absolute atomic E-state index is 0.105. The van der Waals surface area contributed by atoms with Crippen LogP contribution in [0.15, 0.2) is 95.0 Å². The van der Waals surface area contributed by atoms with E-state index in [0.717, 1.165) is 11.1 Å². The summed E-state index contributed by atoms with van der Waals surface area (Å²) in [5.74, 6) is 1.38. The van der Waals surface area contributed by atoms with E-state index in [1.54, 1.807) is 12.1 Å². The maximum Gasteiger partial charge on any atom is 0.243 e. The van der Waals surface area contributed by atoms with Gasteiger partial charge in [0.05, 0.1) is 18.6 Å². The van der Waals surface area contributed by atoms with Crippen molar-refractivity contribution in [2.45, 2.75) is 16.5 Å². The number of benzene rings is 3. The zero-order valence-corrected chi connectivity index (χ0v) is 22.5. The van der Waals surface area contributed by atoms with Crippen molar-refractivity contribution in [2.24, 2.45) is 0 Å². The number of sulfonamides is 1. The first-order chi connectivity index (χ1) is 18.5. The monoisotopic (exact) mass is 551 g/mol. The van der Waals surface area contributed by atoms with E-state index in [1.807, 2.05) is 60.7 Å². The molecule has 38 heavy (non-hydrogen) atoms. The molecule has 198 valence electrons. The highest BCUT2D eigenvalue weighted by molar-refractivity contribution is 7.99. The number of ether oxygens (including phenoxy) is 1. The van der Waals surface area contributed by atoms with E-state index in [2.05, 4.69) is 20.5 Å². The molecular formula is C27H29N5O4S2. The van der Waals surface area contributed by atoms with Crippen LogP contribution in [0, 0.1) is 0 Å². The van der Waals surface area contributed by atoms with E-state index in [1.165, 1.54) is 35.3 Å². The standard InChI is InChI=1S/C27H29N5O4S2/c1-36-23-12-14-24(15-13-23)38(34,35)32(18-16-21-8-4-2-5-9-21)20-25(33)28-17-19-37-27-29-26(30-31-27)22-10-6-3-7-11-22/h2-15H,16-20H2,1H3,(H,28,33)(H,29,30,31). The Morgan fingerprint density at radius 2 is 1.68 bits per heavy atom. The summed E-state index contributed by atoms with van der Waals surface area (Å²) in [5.41, 5.74) is 1.93. The fourth-order valence-electron chi connectivity index (χ4n) is 3.66. The summed E-state index contributed by atoms with van der Waals surface area (Å²) < 4.78 is 33.2. The van der Waals surface area contributed by atoms with Crippen molar-refractivity contribution in [3.8, 4) is 17.1 Å². The molecule has 0 saturated heterocycles. The van der Waals surface area contributed by atoms with Gasteiger partial charge in [-0.05, 0) is 36.2 Å². The van der Waals surface area contributed by atoms with Crippen molar-refractivity contribution in [3.63, 3.8) is 0 Å². The molecule has 0 atom stereocenters.